The highest BCUT2D eigenvalue weighted by atomic mass is 32.2. The lowest BCUT2D eigenvalue weighted by molar-refractivity contribution is -0.120. The maximum absolute atomic E-state index is 13.4. The van der Waals surface area contributed by atoms with E-state index in [1.165, 1.54) is 16.4 Å². The van der Waals surface area contributed by atoms with Crippen LogP contribution in [0.2, 0.25) is 0 Å². The minimum absolute atomic E-state index is 0.146. The number of nitrogens with one attached hydrogen (secondary N) is 1. The third kappa shape index (κ3) is 5.33. The number of amides is 1. The summed E-state index contributed by atoms with van der Waals surface area (Å²) in [6.45, 7) is 7.46. The van der Waals surface area contributed by atoms with Crippen LogP contribution in [0.4, 0.5) is 5.69 Å². The number of nitrogens with zero attached hydrogens (tertiary/aromatic N) is 1. The van der Waals surface area contributed by atoms with Crippen LogP contribution in [0.3, 0.4) is 0 Å². The Morgan fingerprint density at radius 2 is 1.55 bits per heavy atom. The zero-order valence-corrected chi connectivity index (χ0v) is 19.1. The van der Waals surface area contributed by atoms with Gasteiger partial charge >= 0.3 is 0 Å². The summed E-state index contributed by atoms with van der Waals surface area (Å²) >= 11 is 0. The quantitative estimate of drug-likeness (QED) is 0.585. The molecule has 3 aromatic carbocycles. The molecule has 0 saturated carbocycles. The highest BCUT2D eigenvalue weighted by Gasteiger charge is 2.27. The smallest absolute Gasteiger partial charge is 0.264 e. The van der Waals surface area contributed by atoms with Crippen molar-refractivity contribution in [2.24, 2.45) is 0 Å². The highest BCUT2D eigenvalue weighted by molar-refractivity contribution is 7.92. The monoisotopic (exact) mass is 436 g/mol. The standard InChI is InChI=1S/C25H28N2O3S/c1-18-10-13-22(14-11-18)21(4)26-25(28)17-27(23-15-12-19(2)20(3)16-23)31(29,30)24-8-6-5-7-9-24/h5-16,21H,17H2,1-4H3,(H,26,28). The lowest BCUT2D eigenvalue weighted by atomic mass is 10.1. The molecule has 0 spiro atoms. The lowest BCUT2D eigenvalue weighted by Crippen LogP contribution is -2.41. The molecule has 3 rings (SSSR count). The minimum Gasteiger partial charge on any atom is -0.348 e. The Bertz CT molecular complexity index is 1160. The molecule has 0 aromatic heterocycles. The molecule has 0 aliphatic heterocycles. The van der Waals surface area contributed by atoms with Gasteiger partial charge in [-0.2, -0.15) is 0 Å². The van der Waals surface area contributed by atoms with Gasteiger partial charge in [-0.25, -0.2) is 8.42 Å². The Morgan fingerprint density at radius 3 is 2.16 bits per heavy atom. The van der Waals surface area contributed by atoms with Gasteiger partial charge in [0.05, 0.1) is 16.6 Å². The molecule has 0 heterocycles. The van der Waals surface area contributed by atoms with E-state index < -0.39 is 10.0 Å². The van der Waals surface area contributed by atoms with Crippen LogP contribution in [0, 0.1) is 20.8 Å². The number of carbonyl (C=O) groups excluding carboxylic acids is 1. The van der Waals surface area contributed by atoms with Crippen LogP contribution in [-0.4, -0.2) is 20.9 Å². The van der Waals surface area contributed by atoms with E-state index in [1.807, 2.05) is 58.0 Å². The number of sulfonamides is 1. The maximum Gasteiger partial charge on any atom is 0.264 e. The van der Waals surface area contributed by atoms with Crippen LogP contribution in [0.5, 0.6) is 0 Å². The van der Waals surface area contributed by atoms with Gasteiger partial charge in [-0.1, -0.05) is 54.1 Å². The fourth-order valence-electron chi connectivity index (χ4n) is 3.27. The first kappa shape index (κ1) is 22.6. The van der Waals surface area contributed by atoms with E-state index in [9.17, 15) is 13.2 Å². The Balaban J connectivity index is 1.90. The molecule has 3 aromatic rings. The average Bonchev–Trinajstić information content (AvgIpc) is 2.75. The molecular formula is C25H28N2O3S. The molecular weight excluding hydrogens is 408 g/mol. The largest absolute Gasteiger partial charge is 0.348 e. The Hall–Kier alpha value is -3.12. The molecule has 5 nitrogen and oxygen atoms in total. The fraction of sp³-hybridized carbons (Fsp3) is 0.240. The third-order valence-corrected chi connectivity index (χ3v) is 7.14. The second-order valence-electron chi connectivity index (χ2n) is 7.79. The first-order valence-corrected chi connectivity index (χ1v) is 11.6. The summed E-state index contributed by atoms with van der Waals surface area (Å²) in [5, 5.41) is 2.92. The van der Waals surface area contributed by atoms with Crippen LogP contribution >= 0.6 is 0 Å². The van der Waals surface area contributed by atoms with Gasteiger partial charge in [0.2, 0.25) is 5.91 Å². The topological polar surface area (TPSA) is 66.5 Å². The van der Waals surface area contributed by atoms with E-state index in [0.29, 0.717) is 5.69 Å². The number of anilines is 1. The van der Waals surface area contributed by atoms with E-state index >= 15 is 0 Å². The predicted octanol–water partition coefficient (Wildman–Crippen LogP) is 4.68. The first-order chi connectivity index (χ1) is 14.7. The molecule has 0 aliphatic carbocycles. The number of hydrogen-bond donors (Lipinski definition) is 1. The van der Waals surface area contributed by atoms with Crippen molar-refractivity contribution in [1.82, 2.24) is 5.32 Å². The molecule has 0 aliphatic rings. The molecule has 0 bridgehead atoms. The van der Waals surface area contributed by atoms with Crippen LogP contribution in [0.25, 0.3) is 0 Å². The molecule has 1 unspecified atom stereocenters. The maximum atomic E-state index is 13.4. The summed E-state index contributed by atoms with van der Waals surface area (Å²) in [5.74, 6) is -0.370. The number of hydrogen-bond acceptors (Lipinski definition) is 3. The average molecular weight is 437 g/mol. The van der Waals surface area contributed by atoms with Gasteiger partial charge in [-0.05, 0) is 68.7 Å². The van der Waals surface area contributed by atoms with E-state index in [-0.39, 0.29) is 23.4 Å². The van der Waals surface area contributed by atoms with Gasteiger partial charge in [0.25, 0.3) is 10.0 Å². The van der Waals surface area contributed by atoms with Gasteiger partial charge in [-0.15, -0.1) is 0 Å². The van der Waals surface area contributed by atoms with Crippen molar-refractivity contribution in [1.29, 1.82) is 0 Å². The third-order valence-electron chi connectivity index (χ3n) is 5.35. The Kier molecular flexibility index (Phi) is 6.81. The zero-order valence-electron chi connectivity index (χ0n) is 18.3. The van der Waals surface area contributed by atoms with Gasteiger partial charge in [0.1, 0.15) is 6.54 Å². The van der Waals surface area contributed by atoms with Crippen LogP contribution in [0.15, 0.2) is 77.7 Å². The first-order valence-electron chi connectivity index (χ1n) is 10.2. The van der Waals surface area contributed by atoms with Crippen molar-refractivity contribution >= 4 is 21.6 Å². The molecule has 6 heteroatoms. The van der Waals surface area contributed by atoms with Crippen LogP contribution < -0.4 is 9.62 Å². The summed E-state index contributed by atoms with van der Waals surface area (Å²) in [6, 6.07) is 21.2. The van der Waals surface area contributed by atoms with Crippen LogP contribution in [0.1, 0.15) is 35.2 Å². The van der Waals surface area contributed by atoms with E-state index in [2.05, 4.69) is 5.32 Å². The summed E-state index contributed by atoms with van der Waals surface area (Å²) in [5.41, 5.74) is 4.57. The molecule has 1 atom stereocenters. The fourth-order valence-corrected chi connectivity index (χ4v) is 4.71. The van der Waals surface area contributed by atoms with E-state index in [1.54, 1.807) is 30.3 Å². The van der Waals surface area contributed by atoms with Gasteiger partial charge in [0.15, 0.2) is 0 Å². The summed E-state index contributed by atoms with van der Waals surface area (Å²) in [4.78, 5) is 13.0. The van der Waals surface area contributed by atoms with Crippen molar-refractivity contribution in [3.8, 4) is 0 Å². The molecule has 162 valence electrons. The second-order valence-corrected chi connectivity index (χ2v) is 9.66. The predicted molar refractivity (Wildman–Crippen MR) is 125 cm³/mol. The molecule has 1 amide bonds. The number of aryl methyl sites for hydroxylation is 3. The molecule has 0 radical (unpaired) electrons. The second kappa shape index (κ2) is 9.35. The van der Waals surface area contributed by atoms with Crippen molar-refractivity contribution in [2.45, 2.75) is 38.6 Å². The number of carbonyl (C=O) groups is 1. The summed E-state index contributed by atoms with van der Waals surface area (Å²) < 4.78 is 28.0. The summed E-state index contributed by atoms with van der Waals surface area (Å²) in [7, 11) is -3.91. The Labute approximate surface area is 184 Å². The zero-order chi connectivity index (χ0) is 22.6. The van der Waals surface area contributed by atoms with Crippen LogP contribution in [-0.2, 0) is 14.8 Å². The van der Waals surface area contributed by atoms with Gasteiger partial charge in [-0.3, -0.25) is 9.10 Å². The SMILES string of the molecule is Cc1ccc(C(C)NC(=O)CN(c2ccc(C)c(C)c2)S(=O)(=O)c2ccccc2)cc1. The van der Waals surface area contributed by atoms with E-state index in [0.717, 1.165) is 22.3 Å². The highest BCUT2D eigenvalue weighted by Crippen LogP contribution is 2.26. The van der Waals surface area contributed by atoms with Crippen molar-refractivity contribution in [3.63, 3.8) is 0 Å². The normalized spacial score (nSPS) is 12.3. The molecule has 1 N–H and O–H groups in total. The summed E-state index contributed by atoms with van der Waals surface area (Å²) in [6.07, 6.45) is 0. The van der Waals surface area contributed by atoms with Gasteiger partial charge in [0, 0.05) is 0 Å². The van der Waals surface area contributed by atoms with Crippen molar-refractivity contribution in [2.75, 3.05) is 10.8 Å². The number of rotatable bonds is 7. The number of benzene rings is 3. The Morgan fingerprint density at radius 1 is 0.903 bits per heavy atom. The molecule has 31 heavy (non-hydrogen) atoms. The minimum atomic E-state index is -3.91. The van der Waals surface area contributed by atoms with Gasteiger partial charge < -0.3 is 5.32 Å². The van der Waals surface area contributed by atoms with E-state index in [4.69, 9.17) is 0 Å². The van der Waals surface area contributed by atoms with Crippen molar-refractivity contribution in [3.05, 3.63) is 95.1 Å². The van der Waals surface area contributed by atoms with Crippen molar-refractivity contribution < 1.29 is 13.2 Å². The molecule has 0 saturated heterocycles. The molecule has 0 fully saturated rings. The lowest BCUT2D eigenvalue weighted by Gasteiger charge is -2.25.